The number of esters is 1. The van der Waals surface area contributed by atoms with E-state index in [0.717, 1.165) is 0 Å². The third kappa shape index (κ3) is 5.25. The van der Waals surface area contributed by atoms with E-state index in [1.165, 1.54) is 35.0 Å². The molecule has 0 radical (unpaired) electrons. The first kappa shape index (κ1) is 21.5. The Labute approximate surface area is 178 Å². The summed E-state index contributed by atoms with van der Waals surface area (Å²) in [6, 6.07) is 13.7. The van der Waals surface area contributed by atoms with Gasteiger partial charge >= 0.3 is 5.97 Å². The topological polar surface area (TPSA) is 107 Å². The minimum absolute atomic E-state index is 0.0217. The van der Waals surface area contributed by atoms with Gasteiger partial charge in [-0.05, 0) is 61.5 Å². The molecule has 1 heterocycles. The number of carbonyl (C=O) groups is 2. The summed E-state index contributed by atoms with van der Waals surface area (Å²) in [7, 11) is -3.79. The van der Waals surface area contributed by atoms with Crippen molar-refractivity contribution < 1.29 is 22.7 Å². The van der Waals surface area contributed by atoms with E-state index in [0.29, 0.717) is 16.4 Å². The quantitative estimate of drug-likeness (QED) is 0.557. The summed E-state index contributed by atoms with van der Waals surface area (Å²) in [5.41, 5.74) is 1.26. The lowest BCUT2D eigenvalue weighted by Crippen LogP contribution is -2.23. The Hall–Kier alpha value is -3.17. The number of carbonyl (C=O) groups excluding carboxylic acids is 2. The van der Waals surface area contributed by atoms with Crippen molar-refractivity contribution in [1.82, 2.24) is 9.78 Å². The van der Waals surface area contributed by atoms with E-state index in [1.54, 1.807) is 37.4 Å². The van der Waals surface area contributed by atoms with Crippen LogP contribution >= 0.6 is 11.6 Å². The van der Waals surface area contributed by atoms with E-state index in [4.69, 9.17) is 16.3 Å². The van der Waals surface area contributed by atoms with E-state index in [2.05, 4.69) is 10.4 Å². The number of rotatable bonds is 7. The molecule has 0 aliphatic rings. The number of halogens is 1. The molecule has 0 saturated carbocycles. The first-order valence-corrected chi connectivity index (χ1v) is 10.9. The minimum Gasteiger partial charge on any atom is -0.461 e. The van der Waals surface area contributed by atoms with Crippen molar-refractivity contribution in [2.45, 2.75) is 11.8 Å². The molecule has 8 nitrogen and oxygen atoms in total. The number of amides is 1. The van der Waals surface area contributed by atoms with Gasteiger partial charge in [-0.15, -0.1) is 0 Å². The van der Waals surface area contributed by atoms with Crippen molar-refractivity contribution in [1.29, 1.82) is 0 Å². The van der Waals surface area contributed by atoms with Crippen LogP contribution in [0.25, 0.3) is 5.69 Å². The predicted molar refractivity (Wildman–Crippen MR) is 112 cm³/mol. The van der Waals surface area contributed by atoms with Gasteiger partial charge in [0.15, 0.2) is 15.5 Å². The van der Waals surface area contributed by atoms with Crippen LogP contribution in [0.3, 0.4) is 0 Å². The molecular formula is C20H18ClN3O5S. The maximum absolute atomic E-state index is 12.3. The van der Waals surface area contributed by atoms with Crippen molar-refractivity contribution in [3.63, 3.8) is 0 Å². The Morgan fingerprint density at radius 2 is 1.73 bits per heavy atom. The van der Waals surface area contributed by atoms with Crippen LogP contribution in [-0.2, 0) is 19.4 Å². The van der Waals surface area contributed by atoms with Crippen LogP contribution < -0.4 is 5.32 Å². The fourth-order valence-electron chi connectivity index (χ4n) is 2.57. The van der Waals surface area contributed by atoms with Crippen LogP contribution in [0.4, 0.5) is 5.69 Å². The molecule has 156 valence electrons. The third-order valence-corrected chi connectivity index (χ3v) is 5.87. The molecule has 2 aromatic carbocycles. The van der Waals surface area contributed by atoms with Gasteiger partial charge in [0.05, 0.1) is 17.2 Å². The molecule has 3 aromatic rings. The minimum atomic E-state index is -3.79. The fourth-order valence-corrected chi connectivity index (χ4v) is 3.83. The molecule has 0 bridgehead atoms. The fraction of sp³-hybridized carbons (Fsp3) is 0.150. The monoisotopic (exact) mass is 447 g/mol. The molecule has 0 saturated heterocycles. The summed E-state index contributed by atoms with van der Waals surface area (Å²) >= 11 is 5.76. The predicted octanol–water partition coefficient (Wildman–Crippen LogP) is 3.11. The largest absolute Gasteiger partial charge is 0.461 e. The summed E-state index contributed by atoms with van der Waals surface area (Å²) in [6.45, 7) is 1.97. The van der Waals surface area contributed by atoms with Crippen LogP contribution in [-0.4, -0.2) is 42.4 Å². The molecule has 10 heteroatoms. The summed E-state index contributed by atoms with van der Waals surface area (Å²) in [4.78, 5) is 23.9. The van der Waals surface area contributed by atoms with Crippen molar-refractivity contribution in [2.75, 3.05) is 17.7 Å². The number of nitrogens with zero attached hydrogens (tertiary/aromatic N) is 2. The second-order valence-corrected chi connectivity index (χ2v) is 8.60. The van der Waals surface area contributed by atoms with Gasteiger partial charge in [0.25, 0.3) is 0 Å². The lowest BCUT2D eigenvalue weighted by Gasteiger charge is -2.08. The maximum atomic E-state index is 12.3. The Balaban J connectivity index is 1.65. The van der Waals surface area contributed by atoms with Crippen molar-refractivity contribution in [2.24, 2.45) is 0 Å². The van der Waals surface area contributed by atoms with Crippen LogP contribution in [0.15, 0.2) is 65.7 Å². The van der Waals surface area contributed by atoms with Crippen LogP contribution in [0, 0.1) is 0 Å². The number of aromatic nitrogens is 2. The highest BCUT2D eigenvalue weighted by Gasteiger charge is 2.19. The van der Waals surface area contributed by atoms with E-state index < -0.39 is 27.5 Å². The SMILES string of the molecule is CCOC(=O)c1ccn(-c2ccc(NC(=O)CS(=O)(=O)c3ccc(Cl)cc3)cc2)n1. The van der Waals surface area contributed by atoms with Crippen molar-refractivity contribution >= 4 is 39.0 Å². The first-order chi connectivity index (χ1) is 14.3. The zero-order chi connectivity index (χ0) is 21.7. The number of anilines is 1. The number of sulfone groups is 1. The lowest BCUT2D eigenvalue weighted by molar-refractivity contribution is -0.113. The van der Waals surface area contributed by atoms with Gasteiger partial charge in [-0.1, -0.05) is 11.6 Å². The maximum Gasteiger partial charge on any atom is 0.358 e. The van der Waals surface area contributed by atoms with Gasteiger partial charge in [0.2, 0.25) is 5.91 Å². The van der Waals surface area contributed by atoms with Crippen molar-refractivity contribution in [3.8, 4) is 5.69 Å². The molecule has 0 unspecified atom stereocenters. The number of hydrogen-bond acceptors (Lipinski definition) is 6. The van der Waals surface area contributed by atoms with Gasteiger partial charge < -0.3 is 10.1 Å². The smallest absolute Gasteiger partial charge is 0.358 e. The highest BCUT2D eigenvalue weighted by molar-refractivity contribution is 7.92. The van der Waals surface area contributed by atoms with Crippen LogP contribution in [0.2, 0.25) is 5.02 Å². The van der Waals surface area contributed by atoms with Gasteiger partial charge in [-0.25, -0.2) is 17.9 Å². The van der Waals surface area contributed by atoms with E-state index in [-0.39, 0.29) is 17.2 Å². The number of benzene rings is 2. The molecule has 0 spiro atoms. The summed E-state index contributed by atoms with van der Waals surface area (Å²) < 4.78 is 31.1. The average Bonchev–Trinajstić information content (AvgIpc) is 3.19. The Morgan fingerprint density at radius 1 is 1.07 bits per heavy atom. The third-order valence-electron chi connectivity index (χ3n) is 3.98. The summed E-state index contributed by atoms with van der Waals surface area (Å²) in [5, 5.41) is 7.10. The molecule has 0 aliphatic carbocycles. The second-order valence-electron chi connectivity index (χ2n) is 6.17. The second kappa shape index (κ2) is 9.10. The highest BCUT2D eigenvalue weighted by Crippen LogP contribution is 2.17. The van der Waals surface area contributed by atoms with Gasteiger partial charge in [-0.2, -0.15) is 5.10 Å². The van der Waals surface area contributed by atoms with E-state index >= 15 is 0 Å². The molecule has 1 amide bonds. The molecule has 1 aromatic heterocycles. The van der Waals surface area contributed by atoms with Gasteiger partial charge in [0.1, 0.15) is 5.75 Å². The number of nitrogens with one attached hydrogen (secondary N) is 1. The Kier molecular flexibility index (Phi) is 6.53. The number of hydrogen-bond donors (Lipinski definition) is 1. The normalized spacial score (nSPS) is 11.1. The lowest BCUT2D eigenvalue weighted by atomic mass is 10.3. The molecule has 30 heavy (non-hydrogen) atoms. The molecule has 1 N–H and O–H groups in total. The Bertz CT molecular complexity index is 1160. The molecule has 0 fully saturated rings. The standard InChI is InChI=1S/C20H18ClN3O5S/c1-2-29-20(26)18-11-12-24(23-18)16-7-5-15(6-8-16)22-19(25)13-30(27,28)17-9-3-14(21)4-10-17/h3-12H,2,13H2,1H3,(H,22,25). The zero-order valence-electron chi connectivity index (χ0n) is 15.9. The van der Waals surface area contributed by atoms with Crippen LogP contribution in [0.5, 0.6) is 0 Å². The average molecular weight is 448 g/mol. The molecule has 0 aliphatic heterocycles. The Morgan fingerprint density at radius 3 is 2.37 bits per heavy atom. The highest BCUT2D eigenvalue weighted by atomic mass is 35.5. The molecular weight excluding hydrogens is 430 g/mol. The van der Waals surface area contributed by atoms with E-state index in [1.807, 2.05) is 0 Å². The van der Waals surface area contributed by atoms with Gasteiger partial charge in [-0.3, -0.25) is 4.79 Å². The zero-order valence-corrected chi connectivity index (χ0v) is 17.5. The first-order valence-electron chi connectivity index (χ1n) is 8.90. The van der Waals surface area contributed by atoms with Gasteiger partial charge in [0, 0.05) is 16.9 Å². The molecule has 3 rings (SSSR count). The van der Waals surface area contributed by atoms with Crippen molar-refractivity contribution in [3.05, 3.63) is 71.5 Å². The molecule has 0 atom stereocenters. The summed E-state index contributed by atoms with van der Waals surface area (Å²) in [5.74, 6) is -1.87. The number of ether oxygens (including phenoxy) is 1. The van der Waals surface area contributed by atoms with E-state index in [9.17, 15) is 18.0 Å². The van der Waals surface area contributed by atoms with Crippen LogP contribution in [0.1, 0.15) is 17.4 Å². The summed E-state index contributed by atoms with van der Waals surface area (Å²) in [6.07, 6.45) is 1.61.